The number of carbonyl (C=O) groups is 1. The molecule has 1 aliphatic carbocycles. The lowest BCUT2D eigenvalue weighted by atomic mass is 9.85. The van der Waals surface area contributed by atoms with Crippen LogP contribution in [-0.2, 0) is 4.79 Å². The maximum Gasteiger partial charge on any atom is 0.127 e. The highest BCUT2D eigenvalue weighted by Crippen LogP contribution is 2.33. The quantitative estimate of drug-likeness (QED) is 0.665. The number of aromatic nitrogens is 1. The molecular formula is C19H20N2OS. The fourth-order valence-corrected chi connectivity index (χ4v) is 3.64. The number of aryl methyl sites for hydroxylation is 1. The molecule has 2 aromatic rings. The molecule has 0 saturated carbocycles. The molecule has 1 aliphatic rings. The van der Waals surface area contributed by atoms with E-state index in [1.54, 1.807) is 11.3 Å². The smallest absolute Gasteiger partial charge is 0.127 e. The van der Waals surface area contributed by atoms with E-state index in [0.717, 1.165) is 45.8 Å². The highest BCUT2D eigenvalue weighted by atomic mass is 32.1. The standard InChI is InChI=1S/C19H20N2OS/c1-3-13-4-5-15(9-16(13)10-22)19-21-18(11-23-19)14-6-7-17(20)12(2)8-14/h4-11,13,16H,3,20H2,1-2H3. The fourth-order valence-electron chi connectivity index (χ4n) is 2.81. The van der Waals surface area contributed by atoms with Crippen molar-refractivity contribution < 1.29 is 4.79 Å². The van der Waals surface area contributed by atoms with Crippen LogP contribution < -0.4 is 5.73 Å². The summed E-state index contributed by atoms with van der Waals surface area (Å²) in [5.74, 6) is 0.251. The molecule has 0 saturated heterocycles. The van der Waals surface area contributed by atoms with E-state index in [4.69, 9.17) is 10.7 Å². The molecule has 3 nitrogen and oxygen atoms in total. The molecule has 2 unspecified atom stereocenters. The van der Waals surface area contributed by atoms with E-state index in [9.17, 15) is 4.79 Å². The first kappa shape index (κ1) is 15.7. The van der Waals surface area contributed by atoms with E-state index < -0.39 is 0 Å². The van der Waals surface area contributed by atoms with Gasteiger partial charge in [0.15, 0.2) is 0 Å². The van der Waals surface area contributed by atoms with Gasteiger partial charge in [0, 0.05) is 28.1 Å². The molecule has 23 heavy (non-hydrogen) atoms. The van der Waals surface area contributed by atoms with Crippen molar-refractivity contribution in [3.05, 3.63) is 52.4 Å². The van der Waals surface area contributed by atoms with Crippen LogP contribution in [-0.4, -0.2) is 11.3 Å². The molecule has 0 spiro atoms. The van der Waals surface area contributed by atoms with Crippen LogP contribution in [0.5, 0.6) is 0 Å². The average molecular weight is 324 g/mol. The van der Waals surface area contributed by atoms with Gasteiger partial charge in [-0.05, 0) is 37.0 Å². The number of nitrogens with zero attached hydrogens (tertiary/aromatic N) is 1. The van der Waals surface area contributed by atoms with Crippen molar-refractivity contribution >= 4 is 28.9 Å². The van der Waals surface area contributed by atoms with Crippen LogP contribution in [0, 0.1) is 18.8 Å². The Kier molecular flexibility index (Phi) is 4.44. The zero-order chi connectivity index (χ0) is 16.4. The summed E-state index contributed by atoms with van der Waals surface area (Å²) < 4.78 is 0. The third kappa shape index (κ3) is 3.13. The second-order valence-corrected chi connectivity index (χ2v) is 6.73. The molecule has 0 bridgehead atoms. The van der Waals surface area contributed by atoms with Crippen molar-refractivity contribution in [2.24, 2.45) is 11.8 Å². The first-order valence-electron chi connectivity index (χ1n) is 7.80. The van der Waals surface area contributed by atoms with Crippen molar-refractivity contribution in [1.82, 2.24) is 4.98 Å². The van der Waals surface area contributed by atoms with Crippen molar-refractivity contribution in [2.45, 2.75) is 20.3 Å². The zero-order valence-electron chi connectivity index (χ0n) is 13.3. The van der Waals surface area contributed by atoms with Crippen molar-refractivity contribution in [2.75, 3.05) is 5.73 Å². The number of nitrogen functional groups attached to an aromatic ring is 1. The molecule has 1 aromatic heterocycles. The molecule has 1 aromatic carbocycles. The van der Waals surface area contributed by atoms with Crippen molar-refractivity contribution in [3.63, 3.8) is 0 Å². The maximum atomic E-state index is 11.3. The lowest BCUT2D eigenvalue weighted by Gasteiger charge is -2.19. The van der Waals surface area contributed by atoms with Crippen LogP contribution in [0.25, 0.3) is 16.8 Å². The highest BCUT2D eigenvalue weighted by Gasteiger charge is 2.20. The van der Waals surface area contributed by atoms with Gasteiger partial charge in [-0.1, -0.05) is 31.2 Å². The Bertz CT molecular complexity index is 788. The van der Waals surface area contributed by atoms with Crippen LogP contribution in [0.3, 0.4) is 0 Å². The first-order valence-corrected chi connectivity index (χ1v) is 8.68. The lowest BCUT2D eigenvalue weighted by Crippen LogP contribution is -2.14. The molecular weight excluding hydrogens is 304 g/mol. The van der Waals surface area contributed by atoms with Gasteiger partial charge in [0.05, 0.1) is 5.69 Å². The van der Waals surface area contributed by atoms with Crippen LogP contribution in [0.4, 0.5) is 5.69 Å². The van der Waals surface area contributed by atoms with Gasteiger partial charge >= 0.3 is 0 Å². The average Bonchev–Trinajstić information content (AvgIpc) is 3.06. The Morgan fingerprint density at radius 1 is 1.39 bits per heavy atom. The van der Waals surface area contributed by atoms with Gasteiger partial charge < -0.3 is 10.5 Å². The number of nitrogens with two attached hydrogens (primary N) is 1. The summed E-state index contributed by atoms with van der Waals surface area (Å²) in [5, 5.41) is 3.00. The summed E-state index contributed by atoms with van der Waals surface area (Å²) in [6, 6.07) is 5.96. The molecule has 1 heterocycles. The third-order valence-electron chi connectivity index (χ3n) is 4.33. The Balaban J connectivity index is 1.90. The number of hydrogen-bond acceptors (Lipinski definition) is 4. The van der Waals surface area contributed by atoms with Crippen molar-refractivity contribution in [1.29, 1.82) is 0 Å². The lowest BCUT2D eigenvalue weighted by molar-refractivity contribution is -0.110. The van der Waals surface area contributed by atoms with E-state index >= 15 is 0 Å². The maximum absolute atomic E-state index is 11.3. The Morgan fingerprint density at radius 2 is 2.22 bits per heavy atom. The molecule has 3 rings (SSSR count). The van der Waals surface area contributed by atoms with Gasteiger partial charge in [0.1, 0.15) is 11.3 Å². The predicted molar refractivity (Wildman–Crippen MR) is 97.2 cm³/mol. The van der Waals surface area contributed by atoms with E-state index in [-0.39, 0.29) is 5.92 Å². The molecule has 2 atom stereocenters. The molecule has 4 heteroatoms. The largest absolute Gasteiger partial charge is 0.399 e. The number of carbonyl (C=O) groups excluding carboxylic acids is 1. The summed E-state index contributed by atoms with van der Waals surface area (Å²) in [5.41, 5.74) is 10.8. The van der Waals surface area contributed by atoms with E-state index in [1.807, 2.05) is 25.1 Å². The minimum atomic E-state index is -0.0499. The molecule has 0 aliphatic heterocycles. The summed E-state index contributed by atoms with van der Waals surface area (Å²) in [6.45, 7) is 4.10. The van der Waals surface area contributed by atoms with E-state index in [0.29, 0.717) is 5.92 Å². The van der Waals surface area contributed by atoms with Gasteiger partial charge in [-0.3, -0.25) is 0 Å². The topological polar surface area (TPSA) is 56.0 Å². The van der Waals surface area contributed by atoms with Crippen LogP contribution in [0.15, 0.2) is 41.8 Å². The Hall–Kier alpha value is -2.20. The second kappa shape index (κ2) is 6.50. The molecule has 0 fully saturated rings. The summed E-state index contributed by atoms with van der Waals surface area (Å²) in [6.07, 6.45) is 8.26. The number of aldehydes is 1. The zero-order valence-corrected chi connectivity index (χ0v) is 14.1. The second-order valence-electron chi connectivity index (χ2n) is 5.88. The molecule has 118 valence electrons. The van der Waals surface area contributed by atoms with Crippen LogP contribution in [0.2, 0.25) is 0 Å². The number of anilines is 1. The van der Waals surface area contributed by atoms with Crippen molar-refractivity contribution in [3.8, 4) is 11.3 Å². The summed E-state index contributed by atoms with van der Waals surface area (Å²) in [7, 11) is 0. The minimum absolute atomic E-state index is 0.0499. The summed E-state index contributed by atoms with van der Waals surface area (Å²) >= 11 is 1.60. The SMILES string of the molecule is CCC1C=CC(c2nc(-c3ccc(N)c(C)c3)cs2)=CC1C=O. The van der Waals surface area contributed by atoms with Crippen LogP contribution in [0.1, 0.15) is 23.9 Å². The number of hydrogen-bond donors (Lipinski definition) is 1. The van der Waals surface area contributed by atoms with E-state index in [1.165, 1.54) is 0 Å². The number of allylic oxidation sites excluding steroid dienone is 4. The Labute approximate surface area is 140 Å². The Morgan fingerprint density at radius 3 is 2.91 bits per heavy atom. The van der Waals surface area contributed by atoms with Gasteiger partial charge in [-0.25, -0.2) is 4.98 Å². The van der Waals surface area contributed by atoms with E-state index in [2.05, 4.69) is 30.5 Å². The predicted octanol–water partition coefficient (Wildman–Crippen LogP) is 4.50. The van der Waals surface area contributed by atoms with Gasteiger partial charge in [0.2, 0.25) is 0 Å². The van der Waals surface area contributed by atoms with Crippen LogP contribution >= 0.6 is 11.3 Å². The minimum Gasteiger partial charge on any atom is -0.399 e. The third-order valence-corrected chi connectivity index (χ3v) is 5.23. The van der Waals surface area contributed by atoms with Gasteiger partial charge in [-0.15, -0.1) is 11.3 Å². The van der Waals surface area contributed by atoms with Gasteiger partial charge in [0.25, 0.3) is 0 Å². The number of rotatable bonds is 4. The molecule has 2 N–H and O–H groups in total. The van der Waals surface area contributed by atoms with Gasteiger partial charge in [-0.2, -0.15) is 0 Å². The molecule has 0 radical (unpaired) electrons. The number of thiazole rings is 1. The normalized spacial score (nSPS) is 20.3. The molecule has 0 amide bonds. The fraction of sp³-hybridized carbons (Fsp3) is 0.263. The number of benzene rings is 1. The monoisotopic (exact) mass is 324 g/mol. The highest BCUT2D eigenvalue weighted by molar-refractivity contribution is 7.11. The first-order chi connectivity index (χ1) is 11.1. The summed E-state index contributed by atoms with van der Waals surface area (Å²) in [4.78, 5) is 16.0.